The number of carbonyl (C=O) groups excluding carboxylic acids is 2. The van der Waals surface area contributed by atoms with Gasteiger partial charge in [-0.3, -0.25) is 9.59 Å². The van der Waals surface area contributed by atoms with Crippen LogP contribution in [0.1, 0.15) is 36.8 Å². The largest absolute Gasteiger partial charge is 0.348 e. The lowest BCUT2D eigenvalue weighted by molar-refractivity contribution is -0.136. The Hall–Kier alpha value is -2.78. The van der Waals surface area contributed by atoms with Crippen molar-refractivity contribution in [2.45, 2.75) is 50.5 Å². The molecule has 1 fully saturated rings. The number of rotatable bonds is 6. The van der Waals surface area contributed by atoms with E-state index in [0.29, 0.717) is 30.6 Å². The quantitative estimate of drug-likeness (QED) is 0.646. The SMILES string of the molecule is Cc1ccc(NC(=O)C(=O)NCC[C@@H]2CCCCN2S(=O)(=O)c2ccc(F)cc2C)cc1. The molecule has 7 nitrogen and oxygen atoms in total. The topological polar surface area (TPSA) is 95.6 Å². The highest BCUT2D eigenvalue weighted by Gasteiger charge is 2.34. The number of nitrogens with zero attached hydrogens (tertiary/aromatic N) is 1. The molecule has 1 saturated heterocycles. The summed E-state index contributed by atoms with van der Waals surface area (Å²) in [6, 6.07) is 10.4. The molecule has 1 heterocycles. The molecule has 172 valence electrons. The van der Waals surface area contributed by atoms with E-state index in [-0.39, 0.29) is 17.5 Å². The molecule has 0 saturated carbocycles. The van der Waals surface area contributed by atoms with Crippen LogP contribution in [0.3, 0.4) is 0 Å². The minimum absolute atomic E-state index is 0.0901. The smallest absolute Gasteiger partial charge is 0.313 e. The molecule has 1 aliphatic rings. The van der Waals surface area contributed by atoms with E-state index >= 15 is 0 Å². The van der Waals surface area contributed by atoms with Crippen molar-refractivity contribution in [1.29, 1.82) is 0 Å². The second-order valence-electron chi connectivity index (χ2n) is 8.04. The van der Waals surface area contributed by atoms with Crippen LogP contribution in [-0.4, -0.2) is 43.7 Å². The molecule has 0 aromatic heterocycles. The lowest BCUT2D eigenvalue weighted by Crippen LogP contribution is -2.46. The zero-order chi connectivity index (χ0) is 23.3. The molecule has 0 bridgehead atoms. The van der Waals surface area contributed by atoms with E-state index in [2.05, 4.69) is 10.6 Å². The summed E-state index contributed by atoms with van der Waals surface area (Å²) in [7, 11) is -3.80. The van der Waals surface area contributed by atoms with Crippen LogP contribution in [0.5, 0.6) is 0 Å². The molecule has 1 aliphatic heterocycles. The van der Waals surface area contributed by atoms with Crippen LogP contribution in [0.15, 0.2) is 47.4 Å². The van der Waals surface area contributed by atoms with Gasteiger partial charge in [0.15, 0.2) is 0 Å². The Morgan fingerprint density at radius 3 is 2.47 bits per heavy atom. The number of hydrogen-bond acceptors (Lipinski definition) is 4. The Kier molecular flexibility index (Phi) is 7.63. The van der Waals surface area contributed by atoms with Crippen molar-refractivity contribution in [1.82, 2.24) is 9.62 Å². The van der Waals surface area contributed by atoms with Gasteiger partial charge in [-0.15, -0.1) is 0 Å². The highest BCUT2D eigenvalue weighted by molar-refractivity contribution is 7.89. The van der Waals surface area contributed by atoms with Crippen molar-refractivity contribution in [3.8, 4) is 0 Å². The van der Waals surface area contributed by atoms with Crippen molar-refractivity contribution in [2.75, 3.05) is 18.4 Å². The minimum Gasteiger partial charge on any atom is -0.348 e. The van der Waals surface area contributed by atoms with Crippen molar-refractivity contribution < 1.29 is 22.4 Å². The van der Waals surface area contributed by atoms with Gasteiger partial charge in [-0.1, -0.05) is 24.1 Å². The van der Waals surface area contributed by atoms with Gasteiger partial charge in [0.05, 0.1) is 4.90 Å². The average molecular weight is 462 g/mol. The molecular formula is C23H28FN3O4S. The van der Waals surface area contributed by atoms with E-state index in [0.717, 1.165) is 24.5 Å². The standard InChI is InChI=1S/C23H28FN3O4S/c1-16-6-9-19(10-7-16)26-23(29)22(28)25-13-12-20-5-3-4-14-27(20)32(30,31)21-11-8-18(24)15-17(21)2/h6-11,15,20H,3-5,12-14H2,1-2H3,(H,25,28)(H,26,29)/t20-/m0/s1. The van der Waals surface area contributed by atoms with Gasteiger partial charge >= 0.3 is 11.8 Å². The molecule has 2 aromatic rings. The number of benzene rings is 2. The first kappa shape index (κ1) is 23.9. The van der Waals surface area contributed by atoms with Crippen LogP contribution < -0.4 is 10.6 Å². The van der Waals surface area contributed by atoms with Gasteiger partial charge < -0.3 is 10.6 Å². The monoisotopic (exact) mass is 461 g/mol. The summed E-state index contributed by atoms with van der Waals surface area (Å²) in [4.78, 5) is 24.3. The van der Waals surface area contributed by atoms with E-state index in [4.69, 9.17) is 0 Å². The first-order valence-corrected chi connectivity index (χ1v) is 12.1. The van der Waals surface area contributed by atoms with Crippen LogP contribution in [0.4, 0.5) is 10.1 Å². The summed E-state index contributed by atoms with van der Waals surface area (Å²) in [5, 5.41) is 5.10. The van der Waals surface area contributed by atoms with Crippen molar-refractivity contribution in [3.05, 3.63) is 59.4 Å². The Morgan fingerprint density at radius 2 is 1.78 bits per heavy atom. The molecule has 9 heteroatoms. The van der Waals surface area contributed by atoms with Gasteiger partial charge in [-0.25, -0.2) is 12.8 Å². The number of halogens is 1. The summed E-state index contributed by atoms with van der Waals surface area (Å²) < 4.78 is 41.3. The molecule has 2 N–H and O–H groups in total. The summed E-state index contributed by atoms with van der Waals surface area (Å²) in [5.41, 5.74) is 1.92. The second-order valence-corrected chi connectivity index (χ2v) is 9.90. The van der Waals surface area contributed by atoms with Gasteiger partial charge in [0.25, 0.3) is 0 Å². The summed E-state index contributed by atoms with van der Waals surface area (Å²) in [6.07, 6.45) is 2.65. The Balaban J connectivity index is 1.60. The Bertz CT molecular complexity index is 1090. The van der Waals surface area contributed by atoms with Crippen LogP contribution in [-0.2, 0) is 19.6 Å². The molecule has 2 aromatic carbocycles. The maximum Gasteiger partial charge on any atom is 0.313 e. The predicted molar refractivity (Wildman–Crippen MR) is 120 cm³/mol. The number of nitrogens with one attached hydrogen (secondary N) is 2. The fourth-order valence-electron chi connectivity index (χ4n) is 3.86. The lowest BCUT2D eigenvalue weighted by atomic mass is 10.0. The second kappa shape index (κ2) is 10.2. The molecule has 1 atom stereocenters. The first-order chi connectivity index (χ1) is 15.2. The van der Waals surface area contributed by atoms with E-state index in [1.54, 1.807) is 19.1 Å². The van der Waals surface area contributed by atoms with E-state index in [1.165, 1.54) is 16.4 Å². The number of sulfonamides is 1. The molecule has 3 rings (SSSR count). The van der Waals surface area contributed by atoms with Gasteiger partial charge in [-0.2, -0.15) is 4.31 Å². The fraction of sp³-hybridized carbons (Fsp3) is 0.391. The third-order valence-electron chi connectivity index (χ3n) is 5.58. The van der Waals surface area contributed by atoms with Gasteiger partial charge in [0.1, 0.15) is 5.82 Å². The highest BCUT2D eigenvalue weighted by atomic mass is 32.2. The molecular weight excluding hydrogens is 433 g/mol. The Labute approximate surface area is 188 Å². The van der Waals surface area contributed by atoms with E-state index in [1.807, 2.05) is 19.1 Å². The summed E-state index contributed by atoms with van der Waals surface area (Å²) in [6.45, 7) is 4.02. The molecule has 0 spiro atoms. The van der Waals surface area contributed by atoms with Crippen LogP contribution in [0, 0.1) is 19.7 Å². The fourth-order valence-corrected chi connectivity index (χ4v) is 5.80. The molecule has 2 amide bonds. The van der Waals surface area contributed by atoms with Crippen molar-refractivity contribution in [3.63, 3.8) is 0 Å². The molecule has 0 aliphatic carbocycles. The number of piperidine rings is 1. The third-order valence-corrected chi connectivity index (χ3v) is 7.69. The normalized spacial score (nSPS) is 17.0. The van der Waals surface area contributed by atoms with E-state index < -0.39 is 27.7 Å². The first-order valence-electron chi connectivity index (χ1n) is 10.6. The number of aryl methyl sites for hydroxylation is 2. The van der Waals surface area contributed by atoms with Crippen molar-refractivity contribution >= 4 is 27.5 Å². The van der Waals surface area contributed by atoms with Crippen LogP contribution >= 0.6 is 0 Å². The van der Waals surface area contributed by atoms with Crippen LogP contribution in [0.25, 0.3) is 0 Å². The minimum atomic E-state index is -3.80. The summed E-state index contributed by atoms with van der Waals surface area (Å²) >= 11 is 0. The lowest BCUT2D eigenvalue weighted by Gasteiger charge is -2.35. The molecule has 0 unspecified atom stereocenters. The average Bonchev–Trinajstić information content (AvgIpc) is 2.75. The maximum absolute atomic E-state index is 13.4. The number of anilines is 1. The predicted octanol–water partition coefficient (Wildman–Crippen LogP) is 3.13. The van der Waals surface area contributed by atoms with Gasteiger partial charge in [0.2, 0.25) is 10.0 Å². The zero-order valence-electron chi connectivity index (χ0n) is 18.2. The Morgan fingerprint density at radius 1 is 1.06 bits per heavy atom. The van der Waals surface area contributed by atoms with Crippen LogP contribution in [0.2, 0.25) is 0 Å². The van der Waals surface area contributed by atoms with Gasteiger partial charge in [0, 0.05) is 24.8 Å². The number of hydrogen-bond donors (Lipinski definition) is 2. The summed E-state index contributed by atoms with van der Waals surface area (Å²) in [5.74, 6) is -2.03. The number of carbonyl (C=O) groups is 2. The van der Waals surface area contributed by atoms with Crippen molar-refractivity contribution in [2.24, 2.45) is 0 Å². The zero-order valence-corrected chi connectivity index (χ0v) is 19.0. The maximum atomic E-state index is 13.4. The highest BCUT2D eigenvalue weighted by Crippen LogP contribution is 2.28. The molecule has 0 radical (unpaired) electrons. The number of amides is 2. The van der Waals surface area contributed by atoms with E-state index in [9.17, 15) is 22.4 Å². The third kappa shape index (κ3) is 5.72. The molecule has 32 heavy (non-hydrogen) atoms. The van der Waals surface area contributed by atoms with Gasteiger partial charge in [-0.05, 0) is 69.0 Å².